The molecule has 1 amide bonds. The van der Waals surface area contributed by atoms with Gasteiger partial charge in [0, 0.05) is 5.92 Å². The largest absolute Gasteiger partial charge is 0.343 e. The predicted octanol–water partition coefficient (Wildman–Crippen LogP) is 3.15. The molecule has 1 aromatic rings. The highest BCUT2D eigenvalue weighted by molar-refractivity contribution is 5.80. The summed E-state index contributed by atoms with van der Waals surface area (Å²) >= 11 is 0. The first-order chi connectivity index (χ1) is 12.2. The molecule has 3 rings (SSSR count). The van der Waals surface area contributed by atoms with E-state index < -0.39 is 5.54 Å². The van der Waals surface area contributed by atoms with E-state index in [1.54, 1.807) is 0 Å². The number of carbonyl (C=O) groups excluding carboxylic acids is 1. The fourth-order valence-electron chi connectivity index (χ4n) is 3.90. The Morgan fingerprint density at radius 2 is 2.08 bits per heavy atom. The summed E-state index contributed by atoms with van der Waals surface area (Å²) in [5, 5.41) is 7.55. The molecule has 1 saturated carbocycles. The van der Waals surface area contributed by atoms with Gasteiger partial charge >= 0.3 is 0 Å². The minimum Gasteiger partial charge on any atom is -0.343 e. The maximum absolute atomic E-state index is 12.8. The van der Waals surface area contributed by atoms with Crippen LogP contribution >= 0.6 is 0 Å². The average Bonchev–Trinajstić information content (AvgIpc) is 3.30. The molecule has 1 heterocycles. The standard InChI is InChI=1S/C19H30N4O2/c1-3-23(4-2)14-16-20-18(22-25-16)19(12-8-9-13-19)21-17(24)15-10-6-5-7-11-15/h5-6,15H,3-4,7-14H2,1-2H3,(H,21,24)/t15-/m0/s1. The van der Waals surface area contributed by atoms with Crippen molar-refractivity contribution in [1.29, 1.82) is 0 Å². The molecule has 2 aliphatic carbocycles. The first-order valence-electron chi connectivity index (χ1n) is 9.69. The van der Waals surface area contributed by atoms with E-state index in [0.717, 1.165) is 58.0 Å². The monoisotopic (exact) mass is 346 g/mol. The van der Waals surface area contributed by atoms with Crippen molar-refractivity contribution < 1.29 is 9.32 Å². The second kappa shape index (κ2) is 8.13. The first-order valence-corrected chi connectivity index (χ1v) is 9.69. The molecule has 1 fully saturated rings. The van der Waals surface area contributed by atoms with Gasteiger partial charge in [-0.05, 0) is 45.2 Å². The lowest BCUT2D eigenvalue weighted by Gasteiger charge is -2.29. The number of nitrogens with one attached hydrogen (secondary N) is 1. The van der Waals surface area contributed by atoms with Crippen molar-refractivity contribution in [1.82, 2.24) is 20.4 Å². The molecule has 25 heavy (non-hydrogen) atoms. The van der Waals surface area contributed by atoms with Crippen LogP contribution in [0.1, 0.15) is 70.5 Å². The molecule has 0 radical (unpaired) electrons. The van der Waals surface area contributed by atoms with E-state index in [2.05, 4.69) is 46.4 Å². The third-order valence-electron chi connectivity index (χ3n) is 5.61. The number of carbonyl (C=O) groups is 1. The molecule has 6 heteroatoms. The number of hydrogen-bond donors (Lipinski definition) is 1. The summed E-state index contributed by atoms with van der Waals surface area (Å²) in [5.74, 6) is 1.51. The Morgan fingerprint density at radius 1 is 1.32 bits per heavy atom. The molecule has 0 aliphatic heterocycles. The minimum absolute atomic E-state index is 0.0736. The van der Waals surface area contributed by atoms with Crippen molar-refractivity contribution in [2.45, 2.75) is 70.9 Å². The zero-order valence-corrected chi connectivity index (χ0v) is 15.5. The van der Waals surface area contributed by atoms with E-state index in [0.29, 0.717) is 18.3 Å². The van der Waals surface area contributed by atoms with Gasteiger partial charge in [0.2, 0.25) is 11.8 Å². The Balaban J connectivity index is 1.73. The number of amides is 1. The summed E-state index contributed by atoms with van der Waals surface area (Å²) in [4.78, 5) is 19.7. The lowest BCUT2D eigenvalue weighted by Crippen LogP contribution is -2.47. The van der Waals surface area contributed by atoms with Crippen LogP contribution < -0.4 is 5.32 Å². The number of rotatable bonds is 7. The molecule has 0 unspecified atom stereocenters. The van der Waals surface area contributed by atoms with Crippen molar-refractivity contribution in [3.8, 4) is 0 Å². The maximum atomic E-state index is 12.8. The number of allylic oxidation sites excluding steroid dienone is 2. The quantitative estimate of drug-likeness (QED) is 0.768. The molecule has 2 aliphatic rings. The van der Waals surface area contributed by atoms with Gasteiger partial charge in [-0.2, -0.15) is 4.98 Å². The second-order valence-corrected chi connectivity index (χ2v) is 7.23. The third-order valence-corrected chi connectivity index (χ3v) is 5.61. The minimum atomic E-state index is -0.441. The van der Waals surface area contributed by atoms with E-state index in [1.807, 2.05) is 0 Å². The van der Waals surface area contributed by atoms with Crippen molar-refractivity contribution in [3.05, 3.63) is 23.9 Å². The van der Waals surface area contributed by atoms with Crippen LogP contribution in [0.3, 0.4) is 0 Å². The fraction of sp³-hybridized carbons (Fsp3) is 0.737. The van der Waals surface area contributed by atoms with Crippen LogP contribution in [0, 0.1) is 5.92 Å². The molecule has 138 valence electrons. The van der Waals surface area contributed by atoms with E-state index in [4.69, 9.17) is 4.52 Å². The van der Waals surface area contributed by atoms with Crippen molar-refractivity contribution in [2.24, 2.45) is 5.92 Å². The molecule has 0 spiro atoms. The predicted molar refractivity (Wildman–Crippen MR) is 95.7 cm³/mol. The number of aromatic nitrogens is 2. The Labute approximate surface area is 150 Å². The zero-order valence-electron chi connectivity index (χ0n) is 15.5. The summed E-state index contributed by atoms with van der Waals surface area (Å²) in [7, 11) is 0. The number of nitrogens with zero attached hydrogens (tertiary/aromatic N) is 3. The topological polar surface area (TPSA) is 71.3 Å². The molecule has 0 bridgehead atoms. The van der Waals surface area contributed by atoms with Crippen LogP contribution in [0.2, 0.25) is 0 Å². The van der Waals surface area contributed by atoms with Crippen LogP contribution in [0.4, 0.5) is 0 Å². The van der Waals surface area contributed by atoms with Gasteiger partial charge in [0.1, 0.15) is 5.54 Å². The normalized spacial score (nSPS) is 22.4. The Bertz CT molecular complexity index is 600. The van der Waals surface area contributed by atoms with Crippen molar-refractivity contribution >= 4 is 5.91 Å². The Kier molecular flexibility index (Phi) is 5.89. The smallest absolute Gasteiger partial charge is 0.240 e. The Morgan fingerprint density at radius 3 is 2.72 bits per heavy atom. The SMILES string of the molecule is CCN(CC)Cc1nc(C2(NC(=O)[C@H]3CC=CCC3)CCCC2)no1. The first kappa shape index (κ1) is 18.1. The van der Waals surface area contributed by atoms with Gasteiger partial charge in [-0.3, -0.25) is 9.69 Å². The highest BCUT2D eigenvalue weighted by Crippen LogP contribution is 2.38. The summed E-state index contributed by atoms with van der Waals surface area (Å²) in [6.45, 7) is 6.81. The molecular formula is C19H30N4O2. The average molecular weight is 346 g/mol. The molecule has 1 N–H and O–H groups in total. The van der Waals surface area contributed by atoms with E-state index in [-0.39, 0.29) is 11.8 Å². The lowest BCUT2D eigenvalue weighted by molar-refractivity contribution is -0.127. The number of hydrogen-bond acceptors (Lipinski definition) is 5. The van der Waals surface area contributed by atoms with Gasteiger partial charge in [-0.25, -0.2) is 0 Å². The van der Waals surface area contributed by atoms with Crippen LogP contribution in [-0.4, -0.2) is 34.0 Å². The third kappa shape index (κ3) is 4.11. The van der Waals surface area contributed by atoms with Gasteiger partial charge in [0.25, 0.3) is 0 Å². The maximum Gasteiger partial charge on any atom is 0.240 e. The van der Waals surface area contributed by atoms with Gasteiger partial charge < -0.3 is 9.84 Å². The second-order valence-electron chi connectivity index (χ2n) is 7.23. The highest BCUT2D eigenvalue weighted by atomic mass is 16.5. The van der Waals surface area contributed by atoms with E-state index in [1.165, 1.54) is 0 Å². The molecule has 1 atom stereocenters. The van der Waals surface area contributed by atoms with Gasteiger partial charge in [0.05, 0.1) is 6.54 Å². The van der Waals surface area contributed by atoms with Crippen LogP contribution in [0.25, 0.3) is 0 Å². The Hall–Kier alpha value is -1.69. The summed E-state index contributed by atoms with van der Waals surface area (Å²) in [6, 6.07) is 0. The molecule has 1 aromatic heterocycles. The van der Waals surface area contributed by atoms with Gasteiger partial charge in [-0.15, -0.1) is 0 Å². The van der Waals surface area contributed by atoms with E-state index in [9.17, 15) is 4.79 Å². The van der Waals surface area contributed by atoms with Gasteiger partial charge in [-0.1, -0.05) is 44.0 Å². The zero-order chi connectivity index (χ0) is 17.7. The van der Waals surface area contributed by atoms with Crippen LogP contribution in [-0.2, 0) is 16.9 Å². The van der Waals surface area contributed by atoms with Crippen LogP contribution in [0.5, 0.6) is 0 Å². The summed E-state index contributed by atoms with van der Waals surface area (Å²) < 4.78 is 5.50. The van der Waals surface area contributed by atoms with Crippen molar-refractivity contribution in [2.75, 3.05) is 13.1 Å². The van der Waals surface area contributed by atoms with Crippen molar-refractivity contribution in [3.63, 3.8) is 0 Å². The highest BCUT2D eigenvalue weighted by Gasteiger charge is 2.42. The summed E-state index contributed by atoms with van der Waals surface area (Å²) in [5.41, 5.74) is -0.441. The molecule has 6 nitrogen and oxygen atoms in total. The molecule has 0 aromatic carbocycles. The fourth-order valence-corrected chi connectivity index (χ4v) is 3.90. The summed E-state index contributed by atoms with van der Waals surface area (Å²) in [6.07, 6.45) is 11.0. The lowest BCUT2D eigenvalue weighted by atomic mass is 9.90. The van der Waals surface area contributed by atoms with E-state index >= 15 is 0 Å². The molecular weight excluding hydrogens is 316 g/mol. The van der Waals surface area contributed by atoms with Crippen LogP contribution in [0.15, 0.2) is 16.7 Å². The van der Waals surface area contributed by atoms with Gasteiger partial charge in [0.15, 0.2) is 5.82 Å². The molecule has 0 saturated heterocycles.